The van der Waals surface area contributed by atoms with Gasteiger partial charge in [-0.1, -0.05) is 18.2 Å². The van der Waals surface area contributed by atoms with Gasteiger partial charge in [0.25, 0.3) is 9.88 Å². The Hall–Kier alpha value is -3.22. The molecule has 2 heterocycles. The summed E-state index contributed by atoms with van der Waals surface area (Å²) in [6.45, 7) is -0.429. The van der Waals surface area contributed by atoms with Gasteiger partial charge < -0.3 is 5.73 Å². The number of benzene rings is 2. The minimum absolute atomic E-state index is 0.0679. The number of nitrogens with two attached hydrogens (primary N) is 1. The molecular weight excluding hydrogens is 479 g/mol. The Morgan fingerprint density at radius 2 is 1.88 bits per heavy atom. The van der Waals surface area contributed by atoms with Crippen LogP contribution in [0.4, 0.5) is 13.2 Å². The van der Waals surface area contributed by atoms with E-state index < -0.39 is 44.8 Å². The highest BCUT2D eigenvalue weighted by atomic mass is 32.2. The summed E-state index contributed by atoms with van der Waals surface area (Å²) < 4.78 is 71.4. The van der Waals surface area contributed by atoms with E-state index in [1.807, 2.05) is 0 Å². The zero-order valence-corrected chi connectivity index (χ0v) is 18.7. The molecule has 33 heavy (non-hydrogen) atoms. The maximum absolute atomic E-state index is 13.4. The molecule has 1 amide bonds. The normalized spacial score (nSPS) is 12.9. The van der Waals surface area contributed by atoms with Crippen LogP contribution in [-0.4, -0.2) is 30.1 Å². The van der Waals surface area contributed by atoms with Crippen LogP contribution < -0.4 is 9.92 Å². The van der Waals surface area contributed by atoms with Gasteiger partial charge in [0.2, 0.25) is 0 Å². The third-order valence-electron chi connectivity index (χ3n) is 4.85. The van der Waals surface area contributed by atoms with Crippen LogP contribution >= 0.6 is 10.8 Å². The highest BCUT2D eigenvalue weighted by molar-refractivity contribution is 7.90. The first-order chi connectivity index (χ1) is 15.5. The topological polar surface area (TPSA) is 104 Å². The van der Waals surface area contributed by atoms with E-state index in [9.17, 15) is 26.4 Å². The van der Waals surface area contributed by atoms with Crippen molar-refractivity contribution in [2.75, 3.05) is 6.26 Å². The lowest BCUT2D eigenvalue weighted by atomic mass is 10.1. The van der Waals surface area contributed by atoms with E-state index in [4.69, 9.17) is 9.92 Å². The minimum Gasteiger partial charge on any atom is -0.361 e. The minimum atomic E-state index is -4.57. The molecule has 2 N–H and O–H groups in total. The van der Waals surface area contributed by atoms with Gasteiger partial charge in [-0.2, -0.15) is 13.2 Å². The first-order valence-electron chi connectivity index (χ1n) is 9.39. The van der Waals surface area contributed by atoms with Gasteiger partial charge in [0.15, 0.2) is 20.6 Å². The number of halogens is 3. The smallest absolute Gasteiger partial charge is 0.361 e. The Bertz CT molecular complexity index is 1470. The third kappa shape index (κ3) is 4.49. The number of rotatable bonds is 6. The average Bonchev–Trinajstić information content (AvgIpc) is 3.34. The highest BCUT2D eigenvalue weighted by Crippen LogP contribution is 2.37. The summed E-state index contributed by atoms with van der Waals surface area (Å²) in [5, 5.41) is 0.390. The lowest BCUT2D eigenvalue weighted by Crippen LogP contribution is -2.13. The van der Waals surface area contributed by atoms with Gasteiger partial charge in [-0.15, -0.1) is 4.18 Å². The van der Waals surface area contributed by atoms with E-state index >= 15 is 0 Å². The monoisotopic (exact) mass is 496 g/mol. The number of hydrogen-bond acceptors (Lipinski definition) is 5. The maximum atomic E-state index is 13.4. The highest BCUT2D eigenvalue weighted by Gasteiger charge is 2.35. The Morgan fingerprint density at radius 1 is 1.15 bits per heavy atom. The van der Waals surface area contributed by atoms with Crippen LogP contribution in [0.1, 0.15) is 20.8 Å². The number of primary amides is 1. The number of amides is 1. The second-order valence-corrected chi connectivity index (χ2v) is 10.8. The van der Waals surface area contributed by atoms with Crippen molar-refractivity contribution in [3.63, 3.8) is 0 Å². The van der Waals surface area contributed by atoms with Crippen LogP contribution in [0.25, 0.3) is 16.0 Å². The van der Waals surface area contributed by atoms with Crippen LogP contribution in [0.2, 0.25) is 0 Å². The standard InChI is InChI=1S/C21H16F3N3O4S2/c1-33(29,30)14-6-7-16-17(10-14)27(12-26-16)19-9-8-18(20(25)28)32(19)31-11-13-4-2-3-5-15(13)21(22,23)24/h2-10,12H,11H2,1H3,(H-,25,28)/p+1. The second-order valence-electron chi connectivity index (χ2n) is 7.12. The summed E-state index contributed by atoms with van der Waals surface area (Å²) in [4.78, 5) is 16.4. The zero-order chi connectivity index (χ0) is 24.0. The van der Waals surface area contributed by atoms with Gasteiger partial charge in [0.05, 0.1) is 21.5 Å². The Kier molecular flexibility index (Phi) is 5.76. The summed E-state index contributed by atoms with van der Waals surface area (Å²) >= 11 is 0. The van der Waals surface area contributed by atoms with Crippen molar-refractivity contribution in [3.8, 4) is 5.00 Å². The molecule has 0 fully saturated rings. The first kappa shape index (κ1) is 23.0. The summed E-state index contributed by atoms with van der Waals surface area (Å²) in [5.74, 6) is -0.782. The number of imidazole rings is 1. The molecule has 0 aliphatic carbocycles. The van der Waals surface area contributed by atoms with Crippen molar-refractivity contribution in [1.29, 1.82) is 0 Å². The molecule has 0 bridgehead atoms. The van der Waals surface area contributed by atoms with E-state index in [0.717, 1.165) is 12.3 Å². The van der Waals surface area contributed by atoms with Crippen LogP contribution in [0.15, 0.2) is 65.8 Å². The van der Waals surface area contributed by atoms with Crippen LogP contribution in [0.5, 0.6) is 0 Å². The third-order valence-corrected chi connectivity index (χ3v) is 7.76. The number of aromatic nitrogens is 2. The number of sulfone groups is 1. The molecule has 4 rings (SSSR count). The first-order valence-corrected chi connectivity index (χ1v) is 12.4. The number of carbonyl (C=O) groups excluding carboxylic acids is 1. The Morgan fingerprint density at radius 3 is 2.55 bits per heavy atom. The van der Waals surface area contributed by atoms with Gasteiger partial charge in [0.1, 0.15) is 12.9 Å². The van der Waals surface area contributed by atoms with Crippen LogP contribution in [-0.2, 0) is 22.6 Å². The largest absolute Gasteiger partial charge is 0.416 e. The van der Waals surface area contributed by atoms with Gasteiger partial charge >= 0.3 is 12.1 Å². The van der Waals surface area contributed by atoms with Gasteiger partial charge in [-0.25, -0.2) is 13.4 Å². The molecule has 0 radical (unpaired) electrons. The molecule has 0 saturated carbocycles. The summed E-state index contributed by atoms with van der Waals surface area (Å²) in [6.07, 6.45) is -2.07. The lowest BCUT2D eigenvalue weighted by Gasteiger charge is -2.11. The Labute approximate surface area is 189 Å². The number of fused-ring (bicyclic) bond motifs is 1. The zero-order valence-electron chi connectivity index (χ0n) is 17.0. The number of hydrogen-bond donors (Lipinski definition) is 1. The van der Waals surface area contributed by atoms with Crippen molar-refractivity contribution in [1.82, 2.24) is 9.55 Å². The predicted molar refractivity (Wildman–Crippen MR) is 117 cm³/mol. The molecule has 0 spiro atoms. The van der Waals surface area contributed by atoms with Crippen molar-refractivity contribution < 1.29 is 30.6 Å². The van der Waals surface area contributed by atoms with E-state index in [2.05, 4.69) is 4.98 Å². The van der Waals surface area contributed by atoms with E-state index in [0.29, 0.717) is 16.0 Å². The fourth-order valence-electron chi connectivity index (χ4n) is 3.29. The van der Waals surface area contributed by atoms with Crippen LogP contribution in [0.3, 0.4) is 0 Å². The van der Waals surface area contributed by atoms with Crippen LogP contribution in [0, 0.1) is 0 Å². The second kappa shape index (κ2) is 8.28. The molecule has 0 aliphatic heterocycles. The molecule has 4 aromatic rings. The van der Waals surface area contributed by atoms with E-state index in [-0.39, 0.29) is 15.3 Å². The molecule has 0 aliphatic rings. The molecule has 0 saturated heterocycles. The molecule has 1 atom stereocenters. The number of carbonyl (C=O) groups is 1. The van der Waals surface area contributed by atoms with Crippen molar-refractivity contribution in [2.24, 2.45) is 5.73 Å². The molecular formula is C21H17F3N3O4S2+. The summed E-state index contributed by atoms with van der Waals surface area (Å²) in [6, 6.07) is 12.4. The maximum Gasteiger partial charge on any atom is 0.416 e. The molecule has 1 unspecified atom stereocenters. The molecule has 12 heteroatoms. The SMILES string of the molecule is CS(=O)(=O)c1ccc2ncn(-c3ccc(C(N)=O)[s+]3OCc3ccccc3C(F)(F)F)c2c1. The van der Waals surface area contributed by atoms with Gasteiger partial charge in [0, 0.05) is 18.4 Å². The van der Waals surface area contributed by atoms with Crippen molar-refractivity contribution in [3.05, 3.63) is 76.9 Å². The Balaban J connectivity index is 1.80. The number of thiophene rings is 1. The number of nitrogens with zero attached hydrogens (tertiary/aromatic N) is 2. The lowest BCUT2D eigenvalue weighted by molar-refractivity contribution is -0.138. The van der Waals surface area contributed by atoms with E-state index in [1.54, 1.807) is 12.1 Å². The molecule has 172 valence electrons. The fraction of sp³-hybridized carbons (Fsp3) is 0.143. The molecule has 2 aromatic heterocycles. The summed E-state index contributed by atoms with van der Waals surface area (Å²) in [7, 11) is -4.93. The summed E-state index contributed by atoms with van der Waals surface area (Å²) in [5.41, 5.74) is 5.45. The molecule has 7 nitrogen and oxygen atoms in total. The average molecular weight is 497 g/mol. The van der Waals surface area contributed by atoms with Crippen molar-refractivity contribution >= 4 is 37.5 Å². The molecule has 2 aromatic carbocycles. The van der Waals surface area contributed by atoms with E-state index in [1.165, 1.54) is 47.3 Å². The predicted octanol–water partition coefficient (Wildman–Crippen LogP) is 3.92. The number of alkyl halides is 3. The van der Waals surface area contributed by atoms with Gasteiger partial charge in [-0.05, 0) is 29.8 Å². The quantitative estimate of drug-likeness (QED) is 0.408. The van der Waals surface area contributed by atoms with Gasteiger partial charge in [-0.3, -0.25) is 9.36 Å². The fourth-order valence-corrected chi connectivity index (χ4v) is 5.54. The van der Waals surface area contributed by atoms with Crippen molar-refractivity contribution in [2.45, 2.75) is 17.7 Å².